The summed E-state index contributed by atoms with van der Waals surface area (Å²) in [5.41, 5.74) is 1.45. The molecule has 1 heterocycles. The Morgan fingerprint density at radius 1 is 1.09 bits per heavy atom. The minimum atomic E-state index is -3.77. The maximum Gasteiger partial charge on any atom is 0.238 e. The lowest BCUT2D eigenvalue weighted by Crippen LogP contribution is -2.22. The predicted octanol–water partition coefficient (Wildman–Crippen LogP) is 4.08. The van der Waals surface area contributed by atoms with Crippen LogP contribution in [0.5, 0.6) is 0 Å². The second kappa shape index (κ2) is 10.1. The van der Waals surface area contributed by atoms with Crippen molar-refractivity contribution in [2.45, 2.75) is 60.2 Å². The fourth-order valence-corrected chi connectivity index (χ4v) is 5.19. The topological polar surface area (TPSA) is 120 Å². The minimum Gasteiger partial charge on any atom is -0.325 e. The summed E-state index contributed by atoms with van der Waals surface area (Å²) >= 11 is 1.30. The fourth-order valence-electron chi connectivity index (χ4n) is 3.92. The molecule has 4 rings (SSSR count). The highest BCUT2D eigenvalue weighted by Gasteiger charge is 2.25. The molecule has 174 valence electrons. The van der Waals surface area contributed by atoms with Crippen molar-refractivity contribution in [3.8, 4) is 5.69 Å². The largest absolute Gasteiger partial charge is 0.325 e. The SMILES string of the molecule is C[C@H](Sc1nc(C2CCCCC2)n(-c2ccccc2)n1)C(=O)Nc1ccc(S(N)(=O)=O)cc1. The molecule has 10 heteroatoms. The number of carbonyl (C=O) groups is 1. The average Bonchev–Trinajstić information content (AvgIpc) is 3.24. The van der Waals surface area contributed by atoms with E-state index in [4.69, 9.17) is 15.2 Å². The average molecular weight is 486 g/mol. The van der Waals surface area contributed by atoms with Crippen molar-refractivity contribution in [2.75, 3.05) is 5.32 Å². The van der Waals surface area contributed by atoms with E-state index in [-0.39, 0.29) is 10.8 Å². The lowest BCUT2D eigenvalue weighted by molar-refractivity contribution is -0.115. The summed E-state index contributed by atoms with van der Waals surface area (Å²) in [6, 6.07) is 15.7. The number of hydrogen-bond acceptors (Lipinski definition) is 6. The first-order chi connectivity index (χ1) is 15.8. The monoisotopic (exact) mass is 485 g/mol. The van der Waals surface area contributed by atoms with Gasteiger partial charge in [0.2, 0.25) is 21.1 Å². The molecule has 3 aromatic rings. The Labute approximate surface area is 198 Å². The summed E-state index contributed by atoms with van der Waals surface area (Å²) in [4.78, 5) is 17.6. The zero-order valence-corrected chi connectivity index (χ0v) is 20.0. The first kappa shape index (κ1) is 23.5. The van der Waals surface area contributed by atoms with E-state index in [1.54, 1.807) is 6.92 Å². The molecule has 3 N–H and O–H groups in total. The van der Waals surface area contributed by atoms with Crippen LogP contribution in [0, 0.1) is 0 Å². The van der Waals surface area contributed by atoms with E-state index in [2.05, 4.69) is 5.32 Å². The summed E-state index contributed by atoms with van der Waals surface area (Å²) in [5.74, 6) is 1.09. The van der Waals surface area contributed by atoms with Gasteiger partial charge in [0.15, 0.2) is 0 Å². The highest BCUT2D eigenvalue weighted by Crippen LogP contribution is 2.34. The van der Waals surface area contributed by atoms with E-state index >= 15 is 0 Å². The van der Waals surface area contributed by atoms with Gasteiger partial charge in [-0.3, -0.25) is 4.79 Å². The molecule has 1 amide bonds. The summed E-state index contributed by atoms with van der Waals surface area (Å²) in [6.45, 7) is 1.79. The first-order valence-corrected chi connectivity index (χ1v) is 13.4. The van der Waals surface area contributed by atoms with Crippen LogP contribution in [0.3, 0.4) is 0 Å². The molecule has 1 aliphatic carbocycles. The fraction of sp³-hybridized carbons (Fsp3) is 0.348. The van der Waals surface area contributed by atoms with Gasteiger partial charge in [0, 0.05) is 11.6 Å². The number of aromatic nitrogens is 3. The normalized spacial score (nSPS) is 15.8. The molecule has 1 aromatic heterocycles. The number of amides is 1. The van der Waals surface area contributed by atoms with Crippen LogP contribution in [0.4, 0.5) is 5.69 Å². The number of nitrogens with zero attached hydrogens (tertiary/aromatic N) is 3. The van der Waals surface area contributed by atoms with Gasteiger partial charge in [0.25, 0.3) is 0 Å². The zero-order valence-electron chi connectivity index (χ0n) is 18.3. The molecule has 0 spiro atoms. The molecule has 1 fully saturated rings. The molecular formula is C23H27N5O3S2. The van der Waals surface area contributed by atoms with Crippen molar-refractivity contribution < 1.29 is 13.2 Å². The van der Waals surface area contributed by atoms with Gasteiger partial charge in [-0.25, -0.2) is 23.2 Å². The first-order valence-electron chi connectivity index (χ1n) is 10.9. The Balaban J connectivity index is 1.49. The molecule has 0 aliphatic heterocycles. The standard InChI is InChI=1S/C23H27N5O3S2/c1-16(22(29)25-18-12-14-20(15-13-18)33(24,30)31)32-23-26-21(17-8-4-2-5-9-17)28(27-23)19-10-6-3-7-11-19/h3,6-7,10-17H,2,4-5,8-9H2,1H3,(H,25,29)(H2,24,30,31)/t16-/m0/s1. The zero-order chi connectivity index (χ0) is 23.4. The number of hydrogen-bond donors (Lipinski definition) is 2. The quantitative estimate of drug-likeness (QED) is 0.487. The Morgan fingerprint density at radius 2 is 1.76 bits per heavy atom. The van der Waals surface area contributed by atoms with Crippen molar-refractivity contribution in [1.29, 1.82) is 0 Å². The van der Waals surface area contributed by atoms with Crippen molar-refractivity contribution in [3.63, 3.8) is 0 Å². The summed E-state index contributed by atoms with van der Waals surface area (Å²) in [5, 5.41) is 12.8. The number of nitrogens with one attached hydrogen (secondary N) is 1. The number of primary sulfonamides is 1. The number of rotatable bonds is 7. The van der Waals surface area contributed by atoms with Gasteiger partial charge in [-0.15, -0.1) is 5.10 Å². The number of benzene rings is 2. The van der Waals surface area contributed by atoms with Crippen LogP contribution in [0.25, 0.3) is 5.69 Å². The number of carbonyl (C=O) groups excluding carboxylic acids is 1. The molecule has 0 bridgehead atoms. The van der Waals surface area contributed by atoms with E-state index in [1.165, 1.54) is 55.3 Å². The maximum absolute atomic E-state index is 12.7. The third-order valence-electron chi connectivity index (χ3n) is 5.69. The molecule has 1 aliphatic rings. The summed E-state index contributed by atoms with van der Waals surface area (Å²) in [7, 11) is -3.77. The minimum absolute atomic E-state index is 0.00573. The van der Waals surface area contributed by atoms with Gasteiger partial charge >= 0.3 is 0 Å². The summed E-state index contributed by atoms with van der Waals surface area (Å²) in [6.07, 6.45) is 5.84. The molecule has 0 unspecified atom stereocenters. The van der Waals surface area contributed by atoms with Gasteiger partial charge in [-0.05, 0) is 56.2 Å². The number of thioether (sulfide) groups is 1. The third-order valence-corrected chi connectivity index (χ3v) is 7.57. The van der Waals surface area contributed by atoms with E-state index in [9.17, 15) is 13.2 Å². The Hall–Kier alpha value is -2.69. The molecule has 0 saturated heterocycles. The number of anilines is 1. The molecule has 0 radical (unpaired) electrons. The number of para-hydroxylation sites is 1. The highest BCUT2D eigenvalue weighted by molar-refractivity contribution is 8.00. The van der Waals surface area contributed by atoms with E-state index in [0.29, 0.717) is 16.8 Å². The highest BCUT2D eigenvalue weighted by atomic mass is 32.2. The van der Waals surface area contributed by atoms with E-state index < -0.39 is 15.3 Å². The smallest absolute Gasteiger partial charge is 0.238 e. The van der Waals surface area contributed by atoms with Crippen LogP contribution in [-0.2, 0) is 14.8 Å². The van der Waals surface area contributed by atoms with E-state index in [0.717, 1.165) is 24.4 Å². The summed E-state index contributed by atoms with van der Waals surface area (Å²) < 4.78 is 24.7. The molecule has 2 aromatic carbocycles. The predicted molar refractivity (Wildman–Crippen MR) is 129 cm³/mol. The van der Waals surface area contributed by atoms with Crippen molar-refractivity contribution in [1.82, 2.24) is 14.8 Å². The van der Waals surface area contributed by atoms with Crippen LogP contribution < -0.4 is 10.5 Å². The molecule has 33 heavy (non-hydrogen) atoms. The van der Waals surface area contributed by atoms with Crippen LogP contribution in [0.15, 0.2) is 64.6 Å². The van der Waals surface area contributed by atoms with Crippen molar-refractivity contribution in [2.24, 2.45) is 5.14 Å². The molecule has 8 nitrogen and oxygen atoms in total. The van der Waals surface area contributed by atoms with Gasteiger partial charge < -0.3 is 5.32 Å². The Kier molecular flexibility index (Phi) is 7.16. The maximum atomic E-state index is 12.7. The van der Waals surface area contributed by atoms with Gasteiger partial charge in [0.1, 0.15) is 5.82 Å². The van der Waals surface area contributed by atoms with Crippen LogP contribution in [0.2, 0.25) is 0 Å². The number of sulfonamides is 1. The van der Waals surface area contributed by atoms with Gasteiger partial charge in [-0.1, -0.05) is 49.2 Å². The molecule has 1 saturated carbocycles. The van der Waals surface area contributed by atoms with E-state index in [1.807, 2.05) is 35.0 Å². The third kappa shape index (κ3) is 5.82. The lowest BCUT2D eigenvalue weighted by atomic mass is 9.88. The second-order valence-corrected chi connectivity index (χ2v) is 11.0. The van der Waals surface area contributed by atoms with Gasteiger partial charge in [0.05, 0.1) is 15.8 Å². The molecular weight excluding hydrogens is 458 g/mol. The Bertz CT molecular complexity index is 1200. The molecule has 1 atom stereocenters. The van der Waals surface area contributed by atoms with Gasteiger partial charge in [-0.2, -0.15) is 0 Å². The Morgan fingerprint density at radius 3 is 2.39 bits per heavy atom. The number of nitrogens with two attached hydrogens (primary N) is 1. The van der Waals surface area contributed by atoms with Crippen LogP contribution in [0.1, 0.15) is 50.8 Å². The second-order valence-electron chi connectivity index (χ2n) is 8.15. The lowest BCUT2D eigenvalue weighted by Gasteiger charge is -2.21. The van der Waals surface area contributed by atoms with Crippen molar-refractivity contribution >= 4 is 33.4 Å². The van der Waals surface area contributed by atoms with Crippen LogP contribution in [-0.4, -0.2) is 34.3 Å². The van der Waals surface area contributed by atoms with Crippen LogP contribution >= 0.6 is 11.8 Å². The van der Waals surface area contributed by atoms with Crippen molar-refractivity contribution in [3.05, 3.63) is 60.4 Å².